The summed E-state index contributed by atoms with van der Waals surface area (Å²) in [5.41, 5.74) is 0. The van der Waals surface area contributed by atoms with Gasteiger partial charge in [-0.2, -0.15) is 0 Å². The zero-order chi connectivity index (χ0) is 0. The predicted molar refractivity (Wildman–Crippen MR) is 30.5 cm³/mol. The minimum atomic E-state index is 0. The molecule has 24 valence electrons. The van der Waals surface area contributed by atoms with Crippen LogP contribution < -0.4 is 0 Å². The fraction of sp³-hybridized carbons (Fsp3) is 0. The molecule has 0 aromatic carbocycles. The zero-order valence-corrected chi connectivity index (χ0v) is 8.28. The summed E-state index contributed by atoms with van der Waals surface area (Å²) in [6, 6.07) is 0. The van der Waals surface area contributed by atoms with Crippen LogP contribution in [0.2, 0.25) is 0 Å². The van der Waals surface area contributed by atoms with Gasteiger partial charge in [-0.15, -0.1) is 24.8 Å². The summed E-state index contributed by atoms with van der Waals surface area (Å²) in [5, 5.41) is 0. The smallest absolute Gasteiger partial charge is 1.00 e. The molecule has 0 atom stereocenters. The van der Waals surface area contributed by atoms with Gasteiger partial charge in [-0.3, -0.25) is 0 Å². The molecule has 0 N–H and O–H groups in total. The third-order valence-corrected chi connectivity index (χ3v) is 0. The third-order valence-electron chi connectivity index (χ3n) is 0. The Morgan fingerprint density at radius 3 is 0.750 bits per heavy atom. The molecular weight excluding hydrogens is 151 g/mol. The molecule has 0 nitrogen and oxygen atoms in total. The van der Waals surface area contributed by atoms with E-state index in [1.165, 1.54) is 0 Å². The van der Waals surface area contributed by atoms with Crippen LogP contribution in [0.1, 0.15) is 5.71 Å². The normalized spacial score (nSPS) is 0. The van der Waals surface area contributed by atoms with Crippen molar-refractivity contribution < 1.29 is 5.71 Å². The summed E-state index contributed by atoms with van der Waals surface area (Å²) in [4.78, 5) is 0. The molecule has 0 aliphatic rings. The number of hydrogen-bond donors (Lipinski definition) is 0. The standard InChI is InChI=1S/2Ca.2ClH.4H/h;;2*1H;;;;/q2*+2;;;4*-1. The molecule has 0 spiro atoms. The summed E-state index contributed by atoms with van der Waals surface area (Å²) < 4.78 is 0. The van der Waals surface area contributed by atoms with Crippen molar-refractivity contribution in [3.05, 3.63) is 0 Å². The minimum absolute atomic E-state index is 0. The van der Waals surface area contributed by atoms with Crippen LogP contribution in [-0.4, -0.2) is 75.5 Å². The van der Waals surface area contributed by atoms with E-state index < -0.39 is 0 Å². The van der Waals surface area contributed by atoms with Crippen molar-refractivity contribution in [1.82, 2.24) is 0 Å². The van der Waals surface area contributed by atoms with E-state index in [1.54, 1.807) is 0 Å². The van der Waals surface area contributed by atoms with E-state index in [0.29, 0.717) is 0 Å². The quantitative estimate of drug-likeness (QED) is 0.450. The maximum absolute atomic E-state index is 0. The van der Waals surface area contributed by atoms with E-state index in [4.69, 9.17) is 0 Å². The van der Waals surface area contributed by atoms with Gasteiger partial charge in [0.15, 0.2) is 0 Å². The van der Waals surface area contributed by atoms with Crippen LogP contribution in [0.3, 0.4) is 0 Å². The Balaban J connectivity index is 0. The third kappa shape index (κ3) is 8.92. The number of rotatable bonds is 0. The Hall–Kier alpha value is 3.10. The van der Waals surface area contributed by atoms with Gasteiger partial charge in [0.05, 0.1) is 0 Å². The Morgan fingerprint density at radius 2 is 0.750 bits per heavy atom. The van der Waals surface area contributed by atoms with Gasteiger partial charge >= 0.3 is 75.5 Å². The van der Waals surface area contributed by atoms with Gasteiger partial charge in [-0.1, -0.05) is 0 Å². The fourth-order valence-corrected chi connectivity index (χ4v) is 0. The van der Waals surface area contributed by atoms with E-state index in [1.807, 2.05) is 0 Å². The average Bonchev–Trinajstić information content (AvgIpc) is 0. The first-order valence-electron chi connectivity index (χ1n) is 0. The van der Waals surface area contributed by atoms with Crippen molar-refractivity contribution in [1.29, 1.82) is 0 Å². The van der Waals surface area contributed by atoms with E-state index in [9.17, 15) is 0 Å². The summed E-state index contributed by atoms with van der Waals surface area (Å²) in [6.07, 6.45) is 0. The predicted octanol–water partition coefficient (Wildman–Crippen LogP) is 0.532. The van der Waals surface area contributed by atoms with Crippen LogP contribution in [0.15, 0.2) is 0 Å². The van der Waals surface area contributed by atoms with Crippen molar-refractivity contribution in [2.24, 2.45) is 0 Å². The first kappa shape index (κ1) is 27.5. The molecule has 0 aliphatic carbocycles. The molecule has 4 heavy (non-hydrogen) atoms. The molecule has 0 fully saturated rings. The van der Waals surface area contributed by atoms with Crippen LogP contribution >= 0.6 is 24.8 Å². The van der Waals surface area contributed by atoms with Crippen LogP contribution in [0.5, 0.6) is 0 Å². The van der Waals surface area contributed by atoms with E-state index >= 15 is 0 Å². The molecule has 0 bridgehead atoms. The maximum Gasteiger partial charge on any atom is 2.00 e. The molecule has 0 amide bonds. The van der Waals surface area contributed by atoms with E-state index in [2.05, 4.69) is 0 Å². The van der Waals surface area contributed by atoms with E-state index in [-0.39, 0.29) is 106 Å². The molecule has 0 aromatic heterocycles. The Labute approximate surface area is 104 Å². The first-order valence-corrected chi connectivity index (χ1v) is 0. The number of halogens is 2. The van der Waals surface area contributed by atoms with Crippen molar-refractivity contribution in [2.45, 2.75) is 0 Å². The van der Waals surface area contributed by atoms with Crippen molar-refractivity contribution in [3.8, 4) is 0 Å². The molecule has 0 aliphatic heterocycles. The second-order valence-electron chi connectivity index (χ2n) is 0. The molecule has 0 rings (SSSR count). The van der Waals surface area contributed by atoms with Crippen molar-refractivity contribution >= 4 is 100 Å². The van der Waals surface area contributed by atoms with Gasteiger partial charge in [0.25, 0.3) is 0 Å². The van der Waals surface area contributed by atoms with E-state index in [0.717, 1.165) is 0 Å². The summed E-state index contributed by atoms with van der Waals surface area (Å²) in [5.74, 6) is 0. The van der Waals surface area contributed by atoms with Gasteiger partial charge in [0, 0.05) is 0 Å². The maximum atomic E-state index is 0. The number of hydrogen-bond acceptors (Lipinski definition) is 0. The molecule has 0 radical (unpaired) electrons. The SMILES string of the molecule is Cl.Cl.[Ca+2].[Ca+2].[H-].[H-].[H-].[H-]. The fourth-order valence-electron chi connectivity index (χ4n) is 0. The Morgan fingerprint density at radius 1 is 0.750 bits per heavy atom. The van der Waals surface area contributed by atoms with Crippen LogP contribution in [0.4, 0.5) is 0 Å². The molecule has 0 saturated heterocycles. The van der Waals surface area contributed by atoms with Gasteiger partial charge < -0.3 is 5.71 Å². The molecule has 4 heteroatoms. The van der Waals surface area contributed by atoms with Crippen LogP contribution in [-0.2, 0) is 0 Å². The average molecular weight is 157 g/mol. The molecular formula is H6Ca2Cl2. The Bertz CT molecular complexity index is 12.0. The van der Waals surface area contributed by atoms with Crippen molar-refractivity contribution in [2.75, 3.05) is 0 Å². The Kier molecular flexibility index (Phi) is 113. The zero-order valence-electron chi connectivity index (χ0n) is 6.23. The summed E-state index contributed by atoms with van der Waals surface area (Å²) in [7, 11) is 0. The summed E-state index contributed by atoms with van der Waals surface area (Å²) in [6.45, 7) is 0. The topological polar surface area (TPSA) is 0 Å². The molecule has 0 saturated carbocycles. The first-order chi connectivity index (χ1) is 0. The van der Waals surface area contributed by atoms with Gasteiger partial charge in [0.1, 0.15) is 0 Å². The molecule has 0 aromatic rings. The second-order valence-corrected chi connectivity index (χ2v) is 0. The molecule has 0 unspecified atom stereocenters. The van der Waals surface area contributed by atoms with Crippen molar-refractivity contribution in [3.63, 3.8) is 0 Å². The second kappa shape index (κ2) is 16.5. The van der Waals surface area contributed by atoms with Gasteiger partial charge in [0.2, 0.25) is 0 Å². The van der Waals surface area contributed by atoms with Gasteiger partial charge in [-0.05, 0) is 0 Å². The van der Waals surface area contributed by atoms with Crippen LogP contribution in [0, 0.1) is 0 Å². The largest absolute Gasteiger partial charge is 2.00 e. The minimum Gasteiger partial charge on any atom is -1.00 e. The molecule has 0 heterocycles. The summed E-state index contributed by atoms with van der Waals surface area (Å²) >= 11 is 0. The van der Waals surface area contributed by atoms with Gasteiger partial charge in [-0.25, -0.2) is 0 Å². The van der Waals surface area contributed by atoms with Crippen LogP contribution in [0.25, 0.3) is 0 Å². The monoisotopic (exact) mass is 156 g/mol.